The van der Waals surface area contributed by atoms with Gasteiger partial charge in [-0.1, -0.05) is 0 Å². The van der Waals surface area contributed by atoms with Crippen molar-refractivity contribution in [2.75, 3.05) is 12.3 Å². The van der Waals surface area contributed by atoms with Crippen LogP contribution in [0.1, 0.15) is 12.7 Å². The fourth-order valence-corrected chi connectivity index (χ4v) is 2.23. The van der Waals surface area contributed by atoms with Crippen LogP contribution in [0.5, 0.6) is 5.75 Å². The maximum absolute atomic E-state index is 6.06. The molecule has 0 fully saturated rings. The minimum atomic E-state index is 0.578. The number of hydrogen-bond acceptors (Lipinski definition) is 4. The van der Waals surface area contributed by atoms with Crippen LogP contribution in [0.3, 0.4) is 0 Å². The lowest BCUT2D eigenvalue weighted by Gasteiger charge is -2.06. The second-order valence-electron chi connectivity index (χ2n) is 4.68. The van der Waals surface area contributed by atoms with Gasteiger partial charge in [0.05, 0.1) is 24.3 Å². The molecule has 2 aromatic heterocycles. The van der Waals surface area contributed by atoms with E-state index >= 15 is 0 Å². The van der Waals surface area contributed by atoms with Gasteiger partial charge in [-0.15, -0.1) is 0 Å². The van der Waals surface area contributed by atoms with Crippen LogP contribution in [0.25, 0.3) is 16.9 Å². The maximum Gasteiger partial charge on any atom is 0.127 e. The van der Waals surface area contributed by atoms with Crippen LogP contribution in [0, 0.1) is 6.92 Å². The molecular weight excluding hydrogens is 266 g/mol. The molecule has 21 heavy (non-hydrogen) atoms. The SMILES string of the molecule is CCOc1ccc(-n2nc(-c3ccoc3C)cc2N)cc1. The summed E-state index contributed by atoms with van der Waals surface area (Å²) in [6.45, 7) is 4.51. The first-order valence-electron chi connectivity index (χ1n) is 6.82. The van der Waals surface area contributed by atoms with Crippen LogP contribution < -0.4 is 10.5 Å². The van der Waals surface area contributed by atoms with E-state index in [0.29, 0.717) is 12.4 Å². The van der Waals surface area contributed by atoms with E-state index in [1.807, 2.05) is 50.2 Å². The van der Waals surface area contributed by atoms with Crippen molar-refractivity contribution in [3.05, 3.63) is 48.4 Å². The van der Waals surface area contributed by atoms with Crippen LogP contribution in [-0.4, -0.2) is 16.4 Å². The summed E-state index contributed by atoms with van der Waals surface area (Å²) in [5, 5.41) is 4.55. The fraction of sp³-hybridized carbons (Fsp3) is 0.188. The van der Waals surface area contributed by atoms with E-state index in [2.05, 4.69) is 5.10 Å². The van der Waals surface area contributed by atoms with Crippen molar-refractivity contribution in [2.24, 2.45) is 0 Å². The molecule has 0 aliphatic carbocycles. The standard InChI is InChI=1S/C16H17N3O2/c1-3-20-13-6-4-12(5-7-13)19-16(17)10-15(18-19)14-8-9-21-11(14)2/h4-10H,3,17H2,1-2H3. The number of nitrogen functional groups attached to an aromatic ring is 1. The summed E-state index contributed by atoms with van der Waals surface area (Å²) in [5.41, 5.74) is 8.71. The normalized spacial score (nSPS) is 10.8. The van der Waals surface area contributed by atoms with Gasteiger partial charge in [-0.05, 0) is 44.2 Å². The van der Waals surface area contributed by atoms with Gasteiger partial charge in [0.2, 0.25) is 0 Å². The Morgan fingerprint density at radius 3 is 2.62 bits per heavy atom. The number of nitrogens with zero attached hydrogens (tertiary/aromatic N) is 2. The highest BCUT2D eigenvalue weighted by Gasteiger charge is 2.12. The largest absolute Gasteiger partial charge is 0.494 e. The maximum atomic E-state index is 6.06. The third-order valence-corrected chi connectivity index (χ3v) is 3.26. The van der Waals surface area contributed by atoms with Gasteiger partial charge in [-0.25, -0.2) is 4.68 Å². The molecule has 2 N–H and O–H groups in total. The lowest BCUT2D eigenvalue weighted by Crippen LogP contribution is -2.01. The van der Waals surface area contributed by atoms with E-state index in [1.54, 1.807) is 10.9 Å². The van der Waals surface area contributed by atoms with Gasteiger partial charge in [0, 0.05) is 11.6 Å². The Labute approximate surface area is 122 Å². The lowest BCUT2D eigenvalue weighted by molar-refractivity contribution is 0.340. The Hall–Kier alpha value is -2.69. The number of rotatable bonds is 4. The molecule has 5 heteroatoms. The molecular formula is C16H17N3O2. The second-order valence-corrected chi connectivity index (χ2v) is 4.68. The summed E-state index contributed by atoms with van der Waals surface area (Å²) in [4.78, 5) is 0. The molecule has 0 atom stereocenters. The van der Waals surface area contributed by atoms with Crippen molar-refractivity contribution >= 4 is 5.82 Å². The Balaban J connectivity index is 1.96. The molecule has 3 rings (SSSR count). The van der Waals surface area contributed by atoms with E-state index in [0.717, 1.165) is 28.5 Å². The first-order valence-corrected chi connectivity index (χ1v) is 6.82. The molecule has 0 saturated heterocycles. The van der Waals surface area contributed by atoms with Crippen molar-refractivity contribution in [1.82, 2.24) is 9.78 Å². The Kier molecular flexibility index (Phi) is 3.39. The number of anilines is 1. The van der Waals surface area contributed by atoms with E-state index in [-0.39, 0.29) is 0 Å². The minimum Gasteiger partial charge on any atom is -0.494 e. The van der Waals surface area contributed by atoms with Crippen LogP contribution in [-0.2, 0) is 0 Å². The summed E-state index contributed by atoms with van der Waals surface area (Å²) < 4.78 is 12.4. The molecule has 1 aromatic carbocycles. The molecule has 108 valence electrons. The average Bonchev–Trinajstić information content (AvgIpc) is 3.06. The quantitative estimate of drug-likeness (QED) is 0.796. The third kappa shape index (κ3) is 2.50. The fourth-order valence-electron chi connectivity index (χ4n) is 2.23. The van der Waals surface area contributed by atoms with Crippen molar-refractivity contribution in [2.45, 2.75) is 13.8 Å². The van der Waals surface area contributed by atoms with E-state index < -0.39 is 0 Å². The van der Waals surface area contributed by atoms with Gasteiger partial charge in [-0.3, -0.25) is 0 Å². The molecule has 0 spiro atoms. The van der Waals surface area contributed by atoms with Gasteiger partial charge in [0.1, 0.15) is 17.3 Å². The number of aryl methyl sites for hydroxylation is 1. The second kappa shape index (κ2) is 5.36. The molecule has 2 heterocycles. The van der Waals surface area contributed by atoms with Gasteiger partial charge >= 0.3 is 0 Å². The summed E-state index contributed by atoms with van der Waals surface area (Å²) in [6, 6.07) is 11.4. The molecule has 0 aliphatic heterocycles. The van der Waals surface area contributed by atoms with Crippen LogP contribution >= 0.6 is 0 Å². The molecule has 0 radical (unpaired) electrons. The average molecular weight is 283 g/mol. The lowest BCUT2D eigenvalue weighted by atomic mass is 10.2. The molecule has 0 bridgehead atoms. The number of aromatic nitrogens is 2. The van der Waals surface area contributed by atoms with Crippen molar-refractivity contribution < 1.29 is 9.15 Å². The first-order chi connectivity index (χ1) is 10.2. The smallest absolute Gasteiger partial charge is 0.127 e. The number of nitrogens with two attached hydrogens (primary N) is 1. The van der Waals surface area contributed by atoms with E-state index in [9.17, 15) is 0 Å². The molecule has 5 nitrogen and oxygen atoms in total. The number of furan rings is 1. The van der Waals surface area contributed by atoms with Crippen molar-refractivity contribution in [3.8, 4) is 22.7 Å². The summed E-state index contributed by atoms with van der Waals surface area (Å²) in [7, 11) is 0. The van der Waals surface area contributed by atoms with Crippen LogP contribution in [0.15, 0.2) is 47.1 Å². The van der Waals surface area contributed by atoms with Gasteiger partial charge in [0.15, 0.2) is 0 Å². The van der Waals surface area contributed by atoms with Crippen LogP contribution in [0.2, 0.25) is 0 Å². The number of benzene rings is 1. The highest BCUT2D eigenvalue weighted by atomic mass is 16.5. The molecule has 3 aromatic rings. The van der Waals surface area contributed by atoms with Gasteiger partial charge < -0.3 is 14.9 Å². The summed E-state index contributed by atoms with van der Waals surface area (Å²) in [6.07, 6.45) is 1.65. The Bertz CT molecular complexity index is 741. The highest BCUT2D eigenvalue weighted by Crippen LogP contribution is 2.26. The van der Waals surface area contributed by atoms with Crippen LogP contribution in [0.4, 0.5) is 5.82 Å². The zero-order valence-electron chi connectivity index (χ0n) is 12.0. The van der Waals surface area contributed by atoms with E-state index in [4.69, 9.17) is 14.9 Å². The minimum absolute atomic E-state index is 0.578. The van der Waals surface area contributed by atoms with Gasteiger partial charge in [-0.2, -0.15) is 5.10 Å². The van der Waals surface area contributed by atoms with Gasteiger partial charge in [0.25, 0.3) is 0 Å². The zero-order chi connectivity index (χ0) is 14.8. The predicted octanol–water partition coefficient (Wildman–Crippen LogP) is 3.42. The first kappa shape index (κ1) is 13.3. The highest BCUT2D eigenvalue weighted by molar-refractivity contribution is 5.65. The zero-order valence-corrected chi connectivity index (χ0v) is 12.0. The summed E-state index contributed by atoms with van der Waals surface area (Å²) >= 11 is 0. The Morgan fingerprint density at radius 2 is 2.00 bits per heavy atom. The topological polar surface area (TPSA) is 66.2 Å². The molecule has 0 saturated carbocycles. The van der Waals surface area contributed by atoms with Crippen molar-refractivity contribution in [1.29, 1.82) is 0 Å². The monoisotopic (exact) mass is 283 g/mol. The van der Waals surface area contributed by atoms with E-state index in [1.165, 1.54) is 0 Å². The van der Waals surface area contributed by atoms with Crippen molar-refractivity contribution in [3.63, 3.8) is 0 Å². The molecule has 0 aliphatic rings. The molecule has 0 amide bonds. The molecule has 0 unspecified atom stereocenters. The predicted molar refractivity (Wildman–Crippen MR) is 81.6 cm³/mol. The Morgan fingerprint density at radius 1 is 1.24 bits per heavy atom. The third-order valence-electron chi connectivity index (χ3n) is 3.26. The summed E-state index contributed by atoms with van der Waals surface area (Å²) in [5.74, 6) is 2.24. The number of ether oxygens (including phenoxy) is 1. The number of hydrogen-bond donors (Lipinski definition) is 1.